The number of fused-ring (bicyclic) bond motifs is 1. The lowest BCUT2D eigenvalue weighted by molar-refractivity contribution is 0.101. The summed E-state index contributed by atoms with van der Waals surface area (Å²) in [6.45, 7) is 2.92. The Balaban J connectivity index is 1.89. The van der Waals surface area contributed by atoms with E-state index in [1.165, 1.54) is 6.92 Å². The molecule has 0 unspecified atom stereocenters. The number of carbonyl (C=O) groups is 2. The Hall–Kier alpha value is -3.06. The van der Waals surface area contributed by atoms with Gasteiger partial charge in [0.15, 0.2) is 11.5 Å². The van der Waals surface area contributed by atoms with Gasteiger partial charge in [-0.3, -0.25) is 14.3 Å². The van der Waals surface area contributed by atoms with Crippen LogP contribution in [0.3, 0.4) is 0 Å². The molecule has 0 aliphatic carbocycles. The number of Topliss-reactive ketones (excluding diaryl/α,β-unsaturated/α-hetero) is 1. The number of hydrogen-bond donors (Lipinski definition) is 1. The second kappa shape index (κ2) is 7.45. The van der Waals surface area contributed by atoms with Crippen LogP contribution in [0, 0.1) is 0 Å². The molecule has 1 aromatic heterocycles. The molecular weight excluding hydrogens is 330 g/mol. The maximum absolute atomic E-state index is 12.6. The number of ketones is 1. The SMILES string of the molecule is CC(=O)c1ccc2ccccc2c1NC(=O)c1cn(CCN(C)C)nn1. The molecule has 0 radical (unpaired) electrons. The fourth-order valence-corrected chi connectivity index (χ4v) is 2.69. The zero-order valence-electron chi connectivity index (χ0n) is 15.1. The van der Waals surface area contributed by atoms with Gasteiger partial charge in [-0.15, -0.1) is 5.10 Å². The third-order valence-electron chi connectivity index (χ3n) is 4.09. The van der Waals surface area contributed by atoms with Crippen molar-refractivity contribution < 1.29 is 9.59 Å². The lowest BCUT2D eigenvalue weighted by Gasteiger charge is -2.12. The molecule has 2 aromatic carbocycles. The van der Waals surface area contributed by atoms with E-state index < -0.39 is 0 Å². The van der Waals surface area contributed by atoms with Crippen molar-refractivity contribution >= 4 is 28.2 Å². The predicted octanol–water partition coefficient (Wildman–Crippen LogP) is 2.45. The van der Waals surface area contributed by atoms with Crippen molar-refractivity contribution in [3.05, 3.63) is 53.9 Å². The van der Waals surface area contributed by atoms with Crippen LogP contribution < -0.4 is 5.32 Å². The van der Waals surface area contributed by atoms with E-state index in [9.17, 15) is 9.59 Å². The van der Waals surface area contributed by atoms with Gasteiger partial charge in [-0.25, -0.2) is 0 Å². The molecule has 0 saturated heterocycles. The molecular formula is C19H21N5O2. The van der Waals surface area contributed by atoms with Gasteiger partial charge in [0.05, 0.1) is 18.4 Å². The highest BCUT2D eigenvalue weighted by molar-refractivity contribution is 6.15. The normalized spacial score (nSPS) is 11.1. The van der Waals surface area contributed by atoms with E-state index in [1.807, 2.05) is 49.3 Å². The minimum atomic E-state index is -0.389. The average Bonchev–Trinajstić information content (AvgIpc) is 3.09. The Kier molecular flexibility index (Phi) is 5.09. The van der Waals surface area contributed by atoms with Crippen LogP contribution >= 0.6 is 0 Å². The van der Waals surface area contributed by atoms with E-state index in [0.29, 0.717) is 17.8 Å². The number of benzene rings is 2. The van der Waals surface area contributed by atoms with Crippen molar-refractivity contribution in [3.8, 4) is 0 Å². The smallest absolute Gasteiger partial charge is 0.277 e. The van der Waals surface area contributed by atoms with Crippen LogP contribution in [-0.4, -0.2) is 52.2 Å². The third kappa shape index (κ3) is 3.78. The highest BCUT2D eigenvalue weighted by Gasteiger charge is 2.17. The van der Waals surface area contributed by atoms with Gasteiger partial charge in [0.2, 0.25) is 0 Å². The Labute approximate surface area is 151 Å². The molecule has 0 fully saturated rings. The first kappa shape index (κ1) is 17.8. The molecule has 0 saturated carbocycles. The molecule has 3 rings (SSSR count). The van der Waals surface area contributed by atoms with Gasteiger partial charge in [-0.2, -0.15) is 0 Å². The number of aromatic nitrogens is 3. The monoisotopic (exact) mass is 351 g/mol. The van der Waals surface area contributed by atoms with E-state index in [4.69, 9.17) is 0 Å². The van der Waals surface area contributed by atoms with Crippen LogP contribution in [0.5, 0.6) is 0 Å². The van der Waals surface area contributed by atoms with Gasteiger partial charge < -0.3 is 10.2 Å². The molecule has 1 heterocycles. The molecule has 3 aromatic rings. The minimum absolute atomic E-state index is 0.110. The van der Waals surface area contributed by atoms with Gasteiger partial charge in [-0.05, 0) is 32.5 Å². The second-order valence-corrected chi connectivity index (χ2v) is 6.39. The molecule has 0 bridgehead atoms. The molecule has 1 N–H and O–H groups in total. The van der Waals surface area contributed by atoms with Gasteiger partial charge in [0.25, 0.3) is 5.91 Å². The summed E-state index contributed by atoms with van der Waals surface area (Å²) in [5.41, 5.74) is 1.19. The molecule has 7 heteroatoms. The summed E-state index contributed by atoms with van der Waals surface area (Å²) in [6.07, 6.45) is 1.61. The number of likely N-dealkylation sites (N-methyl/N-ethyl adjacent to an activating group) is 1. The standard InChI is InChI=1S/C19H21N5O2/c1-13(25)15-9-8-14-6-4-5-7-16(14)18(15)20-19(26)17-12-24(22-21-17)11-10-23(2)3/h4-9,12H,10-11H2,1-3H3,(H,20,26). The fraction of sp³-hybridized carbons (Fsp3) is 0.263. The maximum Gasteiger partial charge on any atom is 0.277 e. The zero-order chi connectivity index (χ0) is 18.7. The largest absolute Gasteiger partial charge is 0.319 e. The average molecular weight is 351 g/mol. The Morgan fingerprint density at radius 1 is 1.15 bits per heavy atom. The van der Waals surface area contributed by atoms with E-state index in [-0.39, 0.29) is 17.4 Å². The highest BCUT2D eigenvalue weighted by Crippen LogP contribution is 2.28. The molecule has 1 amide bonds. The molecule has 0 atom stereocenters. The molecule has 26 heavy (non-hydrogen) atoms. The number of carbonyl (C=O) groups excluding carboxylic acids is 2. The topological polar surface area (TPSA) is 80.1 Å². The van der Waals surface area contributed by atoms with Crippen molar-refractivity contribution in [1.29, 1.82) is 0 Å². The van der Waals surface area contributed by atoms with Crippen LogP contribution in [0.2, 0.25) is 0 Å². The number of nitrogens with zero attached hydrogens (tertiary/aromatic N) is 4. The summed E-state index contributed by atoms with van der Waals surface area (Å²) in [7, 11) is 3.93. The summed E-state index contributed by atoms with van der Waals surface area (Å²) >= 11 is 0. The lowest BCUT2D eigenvalue weighted by atomic mass is 10.0. The highest BCUT2D eigenvalue weighted by atomic mass is 16.2. The summed E-state index contributed by atoms with van der Waals surface area (Å²) in [4.78, 5) is 26.7. The van der Waals surface area contributed by atoms with E-state index >= 15 is 0 Å². The van der Waals surface area contributed by atoms with Crippen molar-refractivity contribution in [2.24, 2.45) is 0 Å². The minimum Gasteiger partial charge on any atom is -0.319 e. The van der Waals surface area contributed by atoms with Crippen molar-refractivity contribution in [3.63, 3.8) is 0 Å². The van der Waals surface area contributed by atoms with Crippen LogP contribution in [0.4, 0.5) is 5.69 Å². The van der Waals surface area contributed by atoms with Crippen molar-refractivity contribution in [2.45, 2.75) is 13.5 Å². The summed E-state index contributed by atoms with van der Waals surface area (Å²) < 4.78 is 1.63. The van der Waals surface area contributed by atoms with Crippen LogP contribution in [-0.2, 0) is 6.54 Å². The number of anilines is 1. The van der Waals surface area contributed by atoms with Crippen LogP contribution in [0.1, 0.15) is 27.8 Å². The molecule has 0 aliphatic heterocycles. The van der Waals surface area contributed by atoms with Gasteiger partial charge in [0.1, 0.15) is 0 Å². The zero-order valence-corrected chi connectivity index (χ0v) is 15.1. The number of amides is 1. The third-order valence-corrected chi connectivity index (χ3v) is 4.09. The number of nitrogens with one attached hydrogen (secondary N) is 1. The first-order chi connectivity index (χ1) is 12.5. The Morgan fingerprint density at radius 2 is 1.92 bits per heavy atom. The van der Waals surface area contributed by atoms with Gasteiger partial charge in [-0.1, -0.05) is 35.5 Å². The van der Waals surface area contributed by atoms with Crippen LogP contribution in [0.15, 0.2) is 42.6 Å². The first-order valence-corrected chi connectivity index (χ1v) is 8.34. The van der Waals surface area contributed by atoms with Crippen LogP contribution in [0.25, 0.3) is 10.8 Å². The lowest BCUT2D eigenvalue weighted by Crippen LogP contribution is -2.18. The first-order valence-electron chi connectivity index (χ1n) is 8.34. The van der Waals surface area contributed by atoms with Gasteiger partial charge in [0, 0.05) is 17.5 Å². The quantitative estimate of drug-likeness (QED) is 0.690. The second-order valence-electron chi connectivity index (χ2n) is 6.39. The van der Waals surface area contributed by atoms with E-state index in [1.54, 1.807) is 16.9 Å². The summed E-state index contributed by atoms with van der Waals surface area (Å²) in [6, 6.07) is 11.2. The molecule has 7 nitrogen and oxygen atoms in total. The number of hydrogen-bond acceptors (Lipinski definition) is 5. The van der Waals surface area contributed by atoms with E-state index in [0.717, 1.165) is 17.3 Å². The molecule has 134 valence electrons. The number of rotatable bonds is 6. The van der Waals surface area contributed by atoms with E-state index in [2.05, 4.69) is 15.6 Å². The predicted molar refractivity (Wildman–Crippen MR) is 100 cm³/mol. The maximum atomic E-state index is 12.6. The molecule has 0 aliphatic rings. The van der Waals surface area contributed by atoms with Gasteiger partial charge >= 0.3 is 0 Å². The fourth-order valence-electron chi connectivity index (χ4n) is 2.69. The Morgan fingerprint density at radius 3 is 2.65 bits per heavy atom. The summed E-state index contributed by atoms with van der Waals surface area (Å²) in [5.74, 6) is -0.499. The van der Waals surface area contributed by atoms with Crippen molar-refractivity contribution in [2.75, 3.05) is 26.0 Å². The molecule has 0 spiro atoms. The summed E-state index contributed by atoms with van der Waals surface area (Å²) in [5, 5.41) is 12.5. The Bertz CT molecular complexity index is 961. The van der Waals surface area contributed by atoms with Crippen molar-refractivity contribution in [1.82, 2.24) is 19.9 Å².